The average molecular weight is 246 g/mol. The molecule has 1 N–H and O–H groups in total. The third-order valence-electron chi connectivity index (χ3n) is 3.58. The molecule has 3 heteroatoms. The molecule has 1 unspecified atom stereocenters. The molecule has 0 radical (unpaired) electrons. The van der Waals surface area contributed by atoms with Crippen LogP contribution in [0.4, 0.5) is 11.4 Å². The van der Waals surface area contributed by atoms with E-state index in [4.69, 9.17) is 0 Å². The van der Waals surface area contributed by atoms with Crippen LogP contribution in [0.5, 0.6) is 0 Å². The second-order valence-corrected chi connectivity index (χ2v) is 6.16. The lowest BCUT2D eigenvalue weighted by Gasteiger charge is -2.24. The van der Waals surface area contributed by atoms with Gasteiger partial charge in [-0.2, -0.15) is 0 Å². The number of hydrogen-bond donors (Lipinski definition) is 1. The Balaban J connectivity index is 2.49. The Morgan fingerprint density at radius 1 is 1.33 bits per heavy atom. The topological polar surface area (TPSA) is 32.3 Å². The van der Waals surface area contributed by atoms with Crippen LogP contribution in [0.15, 0.2) is 18.2 Å². The highest BCUT2D eigenvalue weighted by molar-refractivity contribution is 5.99. The van der Waals surface area contributed by atoms with Crippen molar-refractivity contribution in [1.82, 2.24) is 0 Å². The molecule has 3 nitrogen and oxygen atoms in total. The van der Waals surface area contributed by atoms with Crippen LogP contribution >= 0.6 is 0 Å². The van der Waals surface area contributed by atoms with Gasteiger partial charge in [0.2, 0.25) is 5.91 Å². The van der Waals surface area contributed by atoms with Crippen molar-refractivity contribution in [3.05, 3.63) is 23.8 Å². The Morgan fingerprint density at radius 3 is 2.61 bits per heavy atom. The van der Waals surface area contributed by atoms with Gasteiger partial charge in [-0.05, 0) is 23.1 Å². The predicted molar refractivity (Wildman–Crippen MR) is 76.2 cm³/mol. The van der Waals surface area contributed by atoms with Crippen molar-refractivity contribution in [3.8, 4) is 0 Å². The van der Waals surface area contributed by atoms with E-state index < -0.39 is 0 Å². The number of rotatable bonds is 0. The van der Waals surface area contributed by atoms with Crippen LogP contribution in [-0.4, -0.2) is 19.5 Å². The quantitative estimate of drug-likeness (QED) is 0.763. The lowest BCUT2D eigenvalue weighted by atomic mass is 9.86. The number of carbonyl (C=O) groups is 1. The van der Waals surface area contributed by atoms with Crippen LogP contribution in [0.1, 0.15) is 33.3 Å². The number of carbonyl (C=O) groups excluding carboxylic acids is 1. The third-order valence-corrected chi connectivity index (χ3v) is 3.58. The molecule has 1 aliphatic rings. The molecule has 0 fully saturated rings. The fourth-order valence-corrected chi connectivity index (χ4v) is 2.22. The summed E-state index contributed by atoms with van der Waals surface area (Å²) in [6.07, 6.45) is 0. The van der Waals surface area contributed by atoms with Gasteiger partial charge >= 0.3 is 0 Å². The number of anilines is 2. The minimum atomic E-state index is 0.0143. The first-order valence-corrected chi connectivity index (χ1v) is 6.46. The molecule has 18 heavy (non-hydrogen) atoms. The van der Waals surface area contributed by atoms with E-state index in [1.807, 2.05) is 14.0 Å². The molecule has 0 bridgehead atoms. The van der Waals surface area contributed by atoms with E-state index >= 15 is 0 Å². The Bertz CT molecular complexity index is 474. The maximum atomic E-state index is 12.2. The summed E-state index contributed by atoms with van der Waals surface area (Å²) >= 11 is 0. The molecule has 1 atom stereocenters. The minimum absolute atomic E-state index is 0.0143. The van der Waals surface area contributed by atoms with Crippen LogP contribution in [0, 0.1) is 5.92 Å². The highest BCUT2D eigenvalue weighted by atomic mass is 16.2. The largest absolute Gasteiger partial charge is 0.383 e. The Morgan fingerprint density at radius 2 is 2.00 bits per heavy atom. The molecule has 1 aromatic carbocycles. The maximum Gasteiger partial charge on any atom is 0.231 e. The summed E-state index contributed by atoms with van der Waals surface area (Å²) in [5.41, 5.74) is 3.37. The van der Waals surface area contributed by atoms with Crippen molar-refractivity contribution >= 4 is 17.3 Å². The molecule has 0 saturated carbocycles. The van der Waals surface area contributed by atoms with Gasteiger partial charge in [-0.15, -0.1) is 0 Å². The molecule has 2 rings (SSSR count). The number of fused-ring (bicyclic) bond motifs is 1. The van der Waals surface area contributed by atoms with E-state index in [0.29, 0.717) is 6.54 Å². The summed E-state index contributed by atoms with van der Waals surface area (Å²) in [7, 11) is 1.86. The maximum absolute atomic E-state index is 12.2. The summed E-state index contributed by atoms with van der Waals surface area (Å²) < 4.78 is 0. The smallest absolute Gasteiger partial charge is 0.231 e. The normalized spacial score (nSPS) is 20.2. The lowest BCUT2D eigenvalue weighted by molar-refractivity contribution is -0.121. The van der Waals surface area contributed by atoms with E-state index in [-0.39, 0.29) is 17.2 Å². The number of benzene rings is 1. The molecule has 1 aliphatic heterocycles. The van der Waals surface area contributed by atoms with Gasteiger partial charge < -0.3 is 10.2 Å². The zero-order valence-corrected chi connectivity index (χ0v) is 11.9. The van der Waals surface area contributed by atoms with Crippen molar-refractivity contribution in [3.63, 3.8) is 0 Å². The van der Waals surface area contributed by atoms with Crippen molar-refractivity contribution in [2.45, 2.75) is 33.1 Å². The highest BCUT2D eigenvalue weighted by Crippen LogP contribution is 2.34. The Hall–Kier alpha value is -1.51. The number of hydrogen-bond acceptors (Lipinski definition) is 2. The molecule has 1 aromatic rings. The Labute approximate surface area is 109 Å². The van der Waals surface area contributed by atoms with Crippen LogP contribution in [0.3, 0.4) is 0 Å². The number of amides is 1. The molecular weight excluding hydrogens is 224 g/mol. The van der Waals surface area contributed by atoms with Crippen molar-refractivity contribution in [2.24, 2.45) is 5.92 Å². The van der Waals surface area contributed by atoms with E-state index in [2.05, 4.69) is 44.3 Å². The van der Waals surface area contributed by atoms with Crippen molar-refractivity contribution in [2.75, 3.05) is 23.8 Å². The van der Waals surface area contributed by atoms with Gasteiger partial charge in [0.1, 0.15) is 0 Å². The monoisotopic (exact) mass is 246 g/mol. The van der Waals surface area contributed by atoms with Crippen molar-refractivity contribution in [1.29, 1.82) is 0 Å². The molecule has 0 aromatic heterocycles. The molecule has 0 saturated heterocycles. The van der Waals surface area contributed by atoms with Gasteiger partial charge in [0.05, 0.1) is 17.3 Å². The third kappa shape index (κ3) is 2.22. The van der Waals surface area contributed by atoms with Gasteiger partial charge in [0, 0.05) is 13.6 Å². The first-order chi connectivity index (χ1) is 8.30. The number of nitrogens with zero attached hydrogens (tertiary/aromatic N) is 1. The first kappa shape index (κ1) is 12.9. The minimum Gasteiger partial charge on any atom is -0.383 e. The fourth-order valence-electron chi connectivity index (χ4n) is 2.22. The SMILES string of the molecule is CC1CNc2ccc(C(C)(C)C)cc2N(C)C1=O. The summed E-state index contributed by atoms with van der Waals surface area (Å²) in [5.74, 6) is 0.188. The van der Waals surface area contributed by atoms with Crippen LogP contribution in [0.25, 0.3) is 0 Å². The van der Waals surface area contributed by atoms with Gasteiger partial charge in [-0.1, -0.05) is 33.8 Å². The average Bonchev–Trinajstić information content (AvgIpc) is 2.41. The first-order valence-electron chi connectivity index (χ1n) is 6.46. The van der Waals surface area contributed by atoms with Crippen molar-refractivity contribution < 1.29 is 4.79 Å². The molecule has 0 spiro atoms. The van der Waals surface area contributed by atoms with Crippen LogP contribution < -0.4 is 10.2 Å². The van der Waals surface area contributed by atoms with Gasteiger partial charge in [-0.3, -0.25) is 4.79 Å². The van der Waals surface area contributed by atoms with E-state index in [1.165, 1.54) is 5.56 Å². The van der Waals surface area contributed by atoms with E-state index in [0.717, 1.165) is 11.4 Å². The summed E-state index contributed by atoms with van der Waals surface area (Å²) in [5, 5.41) is 3.35. The number of nitrogens with one attached hydrogen (secondary N) is 1. The van der Waals surface area contributed by atoms with Gasteiger partial charge in [0.25, 0.3) is 0 Å². The molecular formula is C15H22N2O. The van der Waals surface area contributed by atoms with E-state index in [9.17, 15) is 4.79 Å². The molecule has 1 heterocycles. The molecule has 0 aliphatic carbocycles. The lowest BCUT2D eigenvalue weighted by Crippen LogP contribution is -2.32. The standard InChI is InChI=1S/C15H22N2O/c1-10-9-16-12-7-6-11(15(2,3)4)8-13(12)17(5)14(10)18/h6-8,10,16H,9H2,1-5H3. The summed E-state index contributed by atoms with van der Waals surface area (Å²) in [6, 6.07) is 6.34. The molecule has 98 valence electrons. The predicted octanol–water partition coefficient (Wildman–Crippen LogP) is 3.01. The van der Waals surface area contributed by atoms with Gasteiger partial charge in [0.15, 0.2) is 0 Å². The second-order valence-electron chi connectivity index (χ2n) is 6.16. The van der Waals surface area contributed by atoms with Gasteiger partial charge in [-0.25, -0.2) is 0 Å². The summed E-state index contributed by atoms with van der Waals surface area (Å²) in [4.78, 5) is 13.9. The van der Waals surface area contributed by atoms with Crippen LogP contribution in [0.2, 0.25) is 0 Å². The zero-order chi connectivity index (χ0) is 13.5. The highest BCUT2D eigenvalue weighted by Gasteiger charge is 2.26. The van der Waals surface area contributed by atoms with E-state index in [1.54, 1.807) is 4.90 Å². The van der Waals surface area contributed by atoms with Crippen LogP contribution in [-0.2, 0) is 10.2 Å². The fraction of sp³-hybridized carbons (Fsp3) is 0.533. The Kier molecular flexibility index (Phi) is 3.09. The zero-order valence-electron chi connectivity index (χ0n) is 11.9. The second kappa shape index (κ2) is 4.30. The molecule has 1 amide bonds. The summed E-state index contributed by atoms with van der Waals surface area (Å²) in [6.45, 7) is 9.21.